The number of ether oxygens (including phenoxy) is 4. The Bertz CT molecular complexity index is 2900. The van der Waals surface area contributed by atoms with Crippen molar-refractivity contribution in [1.29, 1.82) is 0 Å². The molecule has 5 heterocycles. The maximum absolute atomic E-state index is 13.2. The molecule has 8 rings (SSSR count). The number of nitrogens with one attached hydrogen (secondary N) is 1. The molecule has 2 amide bonds. The van der Waals surface area contributed by atoms with E-state index in [9.17, 15) is 27.2 Å². The van der Waals surface area contributed by atoms with Crippen LogP contribution in [0.25, 0.3) is 34.2 Å². The number of H-pyrrole nitrogens is 1. The molecule has 3 aromatic heterocycles. The molecule has 408 valence electrons. The molecule has 2 aliphatic rings. The van der Waals surface area contributed by atoms with Crippen molar-refractivity contribution in [3.8, 4) is 34.2 Å². The van der Waals surface area contributed by atoms with Crippen molar-refractivity contribution in [3.05, 3.63) is 105 Å². The molecule has 75 heavy (non-hydrogen) atoms. The molecule has 0 bridgehead atoms. The fraction of sp³-hybridized carbons (Fsp3) is 0.458. The highest BCUT2D eigenvalue weighted by molar-refractivity contribution is 6.34. The van der Waals surface area contributed by atoms with Gasteiger partial charge in [0.1, 0.15) is 41.6 Å². The minimum atomic E-state index is -2.86. The van der Waals surface area contributed by atoms with Gasteiger partial charge in [0.05, 0.1) is 53.0 Å². The van der Waals surface area contributed by atoms with Crippen molar-refractivity contribution in [2.24, 2.45) is 5.73 Å². The molecule has 0 unspecified atom stereocenters. The zero-order chi connectivity index (χ0) is 54.7. The number of nitrogens with zero attached hydrogens (tertiary/aromatic N) is 10. The van der Waals surface area contributed by atoms with Gasteiger partial charge in [-0.25, -0.2) is 24.5 Å². The van der Waals surface area contributed by atoms with Gasteiger partial charge in [-0.2, -0.15) is 42.2 Å². The second kappa shape index (κ2) is 24.1. The van der Waals surface area contributed by atoms with Crippen LogP contribution in [0.2, 0.25) is 15.1 Å². The van der Waals surface area contributed by atoms with Crippen LogP contribution in [-0.4, -0.2) is 114 Å². The van der Waals surface area contributed by atoms with E-state index in [0.717, 1.165) is 23.8 Å². The molecule has 4 N–H and O–H groups in total. The summed E-state index contributed by atoms with van der Waals surface area (Å²) in [7, 11) is 0. The number of alkyl halides is 4. The number of aliphatic hydroxyl groups excluding tert-OH is 1. The van der Waals surface area contributed by atoms with Crippen LogP contribution in [0.4, 0.5) is 27.2 Å². The number of nitrogens with two attached hydrogens (primary N) is 1. The molecule has 27 heteroatoms. The van der Waals surface area contributed by atoms with Gasteiger partial charge < -0.3 is 29.8 Å². The maximum atomic E-state index is 13.2. The Morgan fingerprint density at radius 2 is 1.12 bits per heavy atom. The summed E-state index contributed by atoms with van der Waals surface area (Å²) in [5.41, 5.74) is 6.14. The van der Waals surface area contributed by atoms with Crippen molar-refractivity contribution >= 4 is 59.4 Å². The van der Waals surface area contributed by atoms with Crippen LogP contribution in [0.5, 0.6) is 0 Å². The molecule has 0 spiro atoms. The van der Waals surface area contributed by atoms with Gasteiger partial charge in [-0.3, -0.25) is 14.9 Å². The number of aliphatic hydroxyl groups is 1. The Kier molecular flexibility index (Phi) is 19.4. The predicted molar refractivity (Wildman–Crippen MR) is 273 cm³/mol. The summed E-state index contributed by atoms with van der Waals surface area (Å²) in [6.45, 7) is 12.7. The van der Waals surface area contributed by atoms with E-state index in [1.807, 2.05) is 46.8 Å². The van der Waals surface area contributed by atoms with E-state index in [0.29, 0.717) is 43.5 Å². The number of carbonyl (C=O) groups excluding carboxylic acids is 2. The first-order chi connectivity index (χ1) is 34.5. The first-order valence-corrected chi connectivity index (χ1v) is 24.0. The summed E-state index contributed by atoms with van der Waals surface area (Å²) in [6.07, 6.45) is 2.54. The predicted octanol–water partition coefficient (Wildman–Crippen LogP) is 11.6. The number of amides is 2. The van der Waals surface area contributed by atoms with Gasteiger partial charge in [0, 0.05) is 16.7 Å². The fourth-order valence-electron chi connectivity index (χ4n) is 7.82. The van der Waals surface area contributed by atoms with Crippen LogP contribution in [-0.2, 0) is 18.9 Å². The van der Waals surface area contributed by atoms with Gasteiger partial charge in [0.2, 0.25) is 0 Å². The third-order valence-corrected chi connectivity index (χ3v) is 12.2. The van der Waals surface area contributed by atoms with Crippen LogP contribution in [0, 0.1) is 0 Å². The average molecular weight is 1130 g/mol. The van der Waals surface area contributed by atoms with E-state index < -0.39 is 60.0 Å². The number of hydrogen-bond donors (Lipinski definition) is 3. The Hall–Kier alpha value is -5.66. The number of hydrogen-bond acceptors (Lipinski definition) is 14. The van der Waals surface area contributed by atoms with Crippen LogP contribution in [0.15, 0.2) is 73.6 Å². The first kappa shape index (κ1) is 60.2. The van der Waals surface area contributed by atoms with Gasteiger partial charge in [0.15, 0.2) is 17.5 Å². The molecule has 0 radical (unpaired) electrons. The molecule has 2 aliphatic heterocycles. The third kappa shape index (κ3) is 14.4. The van der Waals surface area contributed by atoms with Crippen molar-refractivity contribution in [3.63, 3.8) is 0 Å². The number of carbonyl (C=O) groups is 2. The highest BCUT2D eigenvalue weighted by Crippen LogP contribution is 2.42. The number of aromatic nitrogens is 9. The lowest BCUT2D eigenvalue weighted by atomic mass is 10.0. The zero-order valence-corrected chi connectivity index (χ0v) is 45.5. The maximum Gasteiger partial charge on any atom is 0.413 e. The smallest absolute Gasteiger partial charge is 0.413 e. The number of aromatic amines is 1. The average Bonchev–Trinajstić information content (AvgIpc) is 4.17. The molecule has 2 fully saturated rings. The summed E-state index contributed by atoms with van der Waals surface area (Å²) in [4.78, 5) is 40.7. The summed E-state index contributed by atoms with van der Waals surface area (Å²) in [5.74, 6) is 0.458. The van der Waals surface area contributed by atoms with Gasteiger partial charge >= 0.3 is 25.3 Å². The van der Waals surface area contributed by atoms with E-state index in [2.05, 4.69) is 35.3 Å². The van der Waals surface area contributed by atoms with Gasteiger partial charge in [-0.05, 0) is 122 Å². The van der Waals surface area contributed by atoms with Crippen molar-refractivity contribution in [2.75, 3.05) is 19.8 Å². The fourth-order valence-corrected chi connectivity index (χ4v) is 8.43. The Morgan fingerprint density at radius 1 is 0.707 bits per heavy atom. The Balaban J connectivity index is 0.000000211. The highest BCUT2D eigenvalue weighted by Gasteiger charge is 2.48. The summed E-state index contributed by atoms with van der Waals surface area (Å²) >= 11 is 18.5. The summed E-state index contributed by atoms with van der Waals surface area (Å²) in [5, 5.41) is 23.7. The molecule has 2 saturated heterocycles. The summed E-state index contributed by atoms with van der Waals surface area (Å²) in [6, 6.07) is 13.8. The van der Waals surface area contributed by atoms with Gasteiger partial charge in [-0.1, -0.05) is 53.0 Å². The second-order valence-corrected chi connectivity index (χ2v) is 20.9. The van der Waals surface area contributed by atoms with Gasteiger partial charge in [0.25, 0.3) is 0 Å². The monoisotopic (exact) mass is 1130 g/mol. The van der Waals surface area contributed by atoms with Crippen molar-refractivity contribution < 1.29 is 51.2 Å². The van der Waals surface area contributed by atoms with Gasteiger partial charge in [-0.15, -0.1) is 12.4 Å². The molecular formula is C48H58Cl4F4N12O7. The van der Waals surface area contributed by atoms with E-state index in [1.54, 1.807) is 69.9 Å². The lowest BCUT2D eigenvalue weighted by molar-refractivity contribution is -0.0637. The topological polar surface area (TPSA) is 227 Å². The van der Waals surface area contributed by atoms with Crippen LogP contribution < -0.4 is 5.73 Å². The standard InChI is InChI=1S/C19H23ClF2N4O3.C18H23ClN4O3.C11H11ClF2N4O.ClH/c1-18(2,3)29-17(27)25-14(9-28-19(25,4)5)11-6-7-13(20)12(8-11)15-23-10-24-26(15)16(21)22;1-17(2,3)26-16(24)23-14(9-25-18(23,4)5)11-6-7-13(19)12(8-11)15-20-10-21-22-15;12-8-2-1-6(9(15)4-19)3-7(8)10-16-5-17-18(10)11(13)14;/h6-8,10,14,16H,9H2,1-5H3;6-8,10,14H,9H2,1-5H3,(H,20,21,22);1-3,5,9,11,19H,4,15H2;1H/t2*14-;9-;/m111./s1. The molecule has 3 aromatic carbocycles. The quantitative estimate of drug-likeness (QED) is 0.115. The first-order valence-electron chi connectivity index (χ1n) is 22.8. The molecule has 3 atom stereocenters. The Morgan fingerprint density at radius 3 is 1.52 bits per heavy atom. The van der Waals surface area contributed by atoms with Crippen LogP contribution in [0.3, 0.4) is 0 Å². The van der Waals surface area contributed by atoms with Crippen molar-refractivity contribution in [2.45, 2.75) is 123 Å². The zero-order valence-electron chi connectivity index (χ0n) is 42.4. The lowest BCUT2D eigenvalue weighted by Crippen LogP contribution is -2.47. The molecule has 0 saturated carbocycles. The summed E-state index contributed by atoms with van der Waals surface area (Å²) < 4.78 is 75.8. The van der Waals surface area contributed by atoms with Crippen LogP contribution >= 0.6 is 47.2 Å². The molecule has 0 aliphatic carbocycles. The largest absolute Gasteiger partial charge is 0.444 e. The van der Waals surface area contributed by atoms with Crippen molar-refractivity contribution in [1.82, 2.24) is 54.5 Å². The third-order valence-electron chi connectivity index (χ3n) is 11.2. The number of benzene rings is 3. The van der Waals surface area contributed by atoms with E-state index in [1.165, 1.54) is 23.4 Å². The number of rotatable bonds is 9. The minimum Gasteiger partial charge on any atom is -0.444 e. The van der Waals surface area contributed by atoms with E-state index in [-0.39, 0.29) is 58.9 Å². The molecule has 19 nitrogen and oxygen atoms in total. The Labute approximate surface area is 451 Å². The SMILES string of the molecule is CC(C)(C)OC(=O)N1[C@@H](c2ccc(Cl)c(-c3ncn[nH]3)c2)COC1(C)C.CC(C)(C)OC(=O)N1[C@@H](c2ccc(Cl)c(-c3ncnn3C(F)F)c2)COC1(C)C.Cl.N[C@H](CO)c1ccc(Cl)c(-c2ncnn2C(F)F)c1. The second-order valence-electron chi connectivity index (χ2n) is 19.7. The normalized spacial score (nSPS) is 17.5. The van der Waals surface area contributed by atoms with E-state index in [4.69, 9.17) is 64.6 Å². The highest BCUT2D eigenvalue weighted by atomic mass is 35.5. The number of halogens is 8. The minimum absolute atomic E-state index is 0. The van der Waals surface area contributed by atoms with E-state index >= 15 is 0 Å². The van der Waals surface area contributed by atoms with Crippen LogP contribution in [0.1, 0.15) is 117 Å². The molecule has 6 aromatic rings. The lowest BCUT2D eigenvalue weighted by Gasteiger charge is -2.35. The molecular weight excluding hydrogens is 1070 g/mol.